The van der Waals surface area contributed by atoms with Gasteiger partial charge in [0.15, 0.2) is 0 Å². The molecule has 0 aliphatic carbocycles. The predicted octanol–water partition coefficient (Wildman–Crippen LogP) is 4.15. The molecular formula is C24H29ClN4O2. The van der Waals surface area contributed by atoms with Gasteiger partial charge in [0.2, 0.25) is 0 Å². The molecule has 0 spiro atoms. The molecule has 1 fully saturated rings. The van der Waals surface area contributed by atoms with Crippen molar-refractivity contribution in [1.29, 1.82) is 0 Å². The summed E-state index contributed by atoms with van der Waals surface area (Å²) in [5.41, 5.74) is 6.30. The second-order valence-corrected chi connectivity index (χ2v) is 8.62. The van der Waals surface area contributed by atoms with Gasteiger partial charge in [0.25, 0.3) is 11.8 Å². The van der Waals surface area contributed by atoms with Crippen molar-refractivity contribution in [3.63, 3.8) is 0 Å². The first kappa shape index (κ1) is 22.8. The van der Waals surface area contributed by atoms with E-state index >= 15 is 0 Å². The molecule has 1 unspecified atom stereocenters. The van der Waals surface area contributed by atoms with Crippen LogP contribution >= 0.6 is 11.6 Å². The number of benzene rings is 2. The number of nitrogens with zero attached hydrogens (tertiary/aromatic N) is 2. The molecule has 1 heterocycles. The molecule has 0 saturated carbocycles. The van der Waals surface area contributed by atoms with Crippen molar-refractivity contribution in [3.05, 3.63) is 64.2 Å². The number of nitrogens with one attached hydrogen (secondary N) is 2. The quantitative estimate of drug-likeness (QED) is 0.501. The number of carbonyl (C=O) groups is 2. The van der Waals surface area contributed by atoms with E-state index in [0.29, 0.717) is 10.6 Å². The molecule has 0 radical (unpaired) electrons. The highest BCUT2D eigenvalue weighted by atomic mass is 35.5. The van der Waals surface area contributed by atoms with Crippen LogP contribution in [0.25, 0.3) is 0 Å². The van der Waals surface area contributed by atoms with Gasteiger partial charge in [-0.05, 0) is 67.1 Å². The number of hydrogen-bond donors (Lipinski definition) is 2. The lowest BCUT2D eigenvalue weighted by molar-refractivity contribution is -0.123. The van der Waals surface area contributed by atoms with Crippen molar-refractivity contribution in [2.45, 2.75) is 39.7 Å². The summed E-state index contributed by atoms with van der Waals surface area (Å²) in [5, 5.41) is 7.33. The van der Waals surface area contributed by atoms with Gasteiger partial charge in [0.05, 0.1) is 6.21 Å². The zero-order valence-corrected chi connectivity index (χ0v) is 18.9. The number of halogens is 1. The van der Waals surface area contributed by atoms with E-state index in [-0.39, 0.29) is 17.7 Å². The van der Waals surface area contributed by atoms with E-state index < -0.39 is 6.04 Å². The Morgan fingerprint density at radius 1 is 1.13 bits per heavy atom. The molecule has 2 aromatic rings. The minimum Gasteiger partial charge on any atom is -0.371 e. The van der Waals surface area contributed by atoms with Crippen LogP contribution in [-0.2, 0) is 4.79 Å². The van der Waals surface area contributed by atoms with Gasteiger partial charge < -0.3 is 10.2 Å². The zero-order chi connectivity index (χ0) is 22.4. The highest BCUT2D eigenvalue weighted by Gasteiger charge is 2.24. The highest BCUT2D eigenvalue weighted by molar-refractivity contribution is 6.31. The fraction of sp³-hybridized carbons (Fsp3) is 0.375. The molecule has 0 aromatic heterocycles. The lowest BCUT2D eigenvalue weighted by Gasteiger charge is -2.21. The lowest BCUT2D eigenvalue weighted by Crippen LogP contribution is -2.48. The summed E-state index contributed by atoms with van der Waals surface area (Å²) in [7, 11) is 0. The number of anilines is 1. The first-order valence-electron chi connectivity index (χ1n) is 10.6. The van der Waals surface area contributed by atoms with Gasteiger partial charge in [-0.1, -0.05) is 37.6 Å². The predicted molar refractivity (Wildman–Crippen MR) is 126 cm³/mol. The maximum absolute atomic E-state index is 12.6. The van der Waals surface area contributed by atoms with Gasteiger partial charge in [0.1, 0.15) is 6.04 Å². The third-order valence-corrected chi connectivity index (χ3v) is 5.61. The summed E-state index contributed by atoms with van der Waals surface area (Å²) >= 11 is 5.95. The third-order valence-electron chi connectivity index (χ3n) is 5.38. The Hall–Kier alpha value is -2.86. The van der Waals surface area contributed by atoms with Crippen molar-refractivity contribution >= 4 is 35.3 Å². The van der Waals surface area contributed by atoms with Gasteiger partial charge in [-0.2, -0.15) is 5.10 Å². The number of amides is 2. The Labute approximate surface area is 188 Å². The van der Waals surface area contributed by atoms with Crippen molar-refractivity contribution in [3.8, 4) is 0 Å². The first-order chi connectivity index (χ1) is 14.8. The van der Waals surface area contributed by atoms with Crippen LogP contribution in [-0.4, -0.2) is 37.2 Å². The molecule has 3 rings (SSSR count). The minimum absolute atomic E-state index is 0.111. The summed E-state index contributed by atoms with van der Waals surface area (Å²) in [4.78, 5) is 27.5. The molecule has 1 aliphatic rings. The third kappa shape index (κ3) is 6.07. The van der Waals surface area contributed by atoms with E-state index in [1.54, 1.807) is 30.5 Å². The summed E-state index contributed by atoms with van der Waals surface area (Å²) in [6.45, 7) is 8.02. The molecule has 0 bridgehead atoms. The second kappa shape index (κ2) is 10.4. The van der Waals surface area contributed by atoms with Crippen LogP contribution in [0.15, 0.2) is 47.6 Å². The van der Waals surface area contributed by atoms with Crippen LogP contribution in [0.5, 0.6) is 0 Å². The van der Waals surface area contributed by atoms with E-state index in [1.807, 2.05) is 19.9 Å². The second-order valence-electron chi connectivity index (χ2n) is 8.18. The van der Waals surface area contributed by atoms with Gasteiger partial charge in [0, 0.05) is 29.4 Å². The molecule has 6 nitrogen and oxygen atoms in total. The molecule has 1 saturated heterocycles. The molecule has 1 atom stereocenters. The molecule has 2 aromatic carbocycles. The van der Waals surface area contributed by atoms with Crippen LogP contribution in [0.3, 0.4) is 0 Å². The summed E-state index contributed by atoms with van der Waals surface area (Å²) < 4.78 is 0. The molecule has 7 heteroatoms. The Kier molecular flexibility index (Phi) is 7.69. The van der Waals surface area contributed by atoms with Crippen LogP contribution in [0.2, 0.25) is 5.02 Å². The Balaban J connectivity index is 1.61. The number of rotatable bonds is 7. The average molecular weight is 441 g/mol. The molecule has 1 aliphatic heterocycles. The number of hydrogen-bond acceptors (Lipinski definition) is 4. The lowest BCUT2D eigenvalue weighted by atomic mass is 10.0. The van der Waals surface area contributed by atoms with Gasteiger partial charge in [-0.3, -0.25) is 9.59 Å². The molecule has 2 N–H and O–H groups in total. The van der Waals surface area contributed by atoms with Crippen LogP contribution < -0.4 is 15.6 Å². The minimum atomic E-state index is -0.720. The van der Waals surface area contributed by atoms with Crippen LogP contribution in [0.4, 0.5) is 5.69 Å². The maximum atomic E-state index is 12.6. The highest BCUT2D eigenvalue weighted by Crippen LogP contribution is 2.24. The van der Waals surface area contributed by atoms with Crippen molar-refractivity contribution in [2.75, 3.05) is 18.0 Å². The monoisotopic (exact) mass is 440 g/mol. The molecular weight excluding hydrogens is 412 g/mol. The maximum Gasteiger partial charge on any atom is 0.262 e. The van der Waals surface area contributed by atoms with E-state index in [4.69, 9.17) is 11.6 Å². The number of carbonyl (C=O) groups excluding carboxylic acids is 2. The Bertz CT molecular complexity index is 968. The number of hydrazone groups is 1. The topological polar surface area (TPSA) is 73.8 Å². The van der Waals surface area contributed by atoms with Crippen molar-refractivity contribution in [2.24, 2.45) is 11.0 Å². The van der Waals surface area contributed by atoms with Crippen molar-refractivity contribution in [1.82, 2.24) is 10.7 Å². The van der Waals surface area contributed by atoms with Gasteiger partial charge in [-0.15, -0.1) is 0 Å². The van der Waals surface area contributed by atoms with Crippen LogP contribution in [0, 0.1) is 12.8 Å². The van der Waals surface area contributed by atoms with Gasteiger partial charge >= 0.3 is 0 Å². The molecule has 164 valence electrons. The fourth-order valence-electron chi connectivity index (χ4n) is 3.70. The van der Waals surface area contributed by atoms with E-state index in [1.165, 1.54) is 24.1 Å². The molecule has 2 amide bonds. The Morgan fingerprint density at radius 2 is 1.87 bits per heavy atom. The van der Waals surface area contributed by atoms with E-state index in [9.17, 15) is 9.59 Å². The molecule has 31 heavy (non-hydrogen) atoms. The summed E-state index contributed by atoms with van der Waals surface area (Å²) in [5.74, 6) is -0.833. The smallest absolute Gasteiger partial charge is 0.262 e. The largest absolute Gasteiger partial charge is 0.371 e. The normalized spacial score (nSPS) is 14.8. The Morgan fingerprint density at radius 3 is 2.52 bits per heavy atom. The zero-order valence-electron chi connectivity index (χ0n) is 18.2. The van der Waals surface area contributed by atoms with Crippen LogP contribution in [0.1, 0.15) is 48.2 Å². The SMILES string of the molecule is Cc1cc(C=NNC(=O)C(NC(=O)c2cccc(Cl)c2)C(C)C)ccc1N1CCCC1. The summed E-state index contributed by atoms with van der Waals surface area (Å²) in [6.07, 6.45) is 4.09. The number of aryl methyl sites for hydroxylation is 1. The van der Waals surface area contributed by atoms with E-state index in [2.05, 4.69) is 39.8 Å². The first-order valence-corrected chi connectivity index (χ1v) is 11.0. The standard InChI is InChI=1S/C24H29ClN4O2/c1-16(2)22(27-23(30)19-7-6-8-20(25)14-19)24(31)28-26-15-18-9-10-21(17(3)13-18)29-11-4-5-12-29/h6-10,13-16,22H,4-5,11-12H2,1-3H3,(H,27,30)(H,28,31). The average Bonchev–Trinajstić information content (AvgIpc) is 3.26. The van der Waals surface area contributed by atoms with Crippen molar-refractivity contribution < 1.29 is 9.59 Å². The van der Waals surface area contributed by atoms with E-state index in [0.717, 1.165) is 18.7 Å². The fourth-order valence-corrected chi connectivity index (χ4v) is 3.89. The summed E-state index contributed by atoms with van der Waals surface area (Å²) in [6, 6.07) is 12.1. The van der Waals surface area contributed by atoms with Gasteiger partial charge in [-0.25, -0.2) is 5.43 Å².